The van der Waals surface area contributed by atoms with Crippen molar-refractivity contribution < 1.29 is 14.6 Å². The van der Waals surface area contributed by atoms with E-state index < -0.39 is 0 Å². The Morgan fingerprint density at radius 3 is 2.50 bits per heavy atom. The number of hydrogen-bond acceptors (Lipinski definition) is 3. The Morgan fingerprint density at radius 2 is 2.00 bits per heavy atom. The molecule has 0 saturated heterocycles. The predicted octanol–water partition coefficient (Wildman–Crippen LogP) is 2.41. The third kappa shape index (κ3) is 2.76. The summed E-state index contributed by atoms with van der Waals surface area (Å²) in [6.45, 7) is 3.56. The van der Waals surface area contributed by atoms with Crippen LogP contribution in [0.5, 0.6) is 5.75 Å². The molecule has 0 aliphatic rings. The van der Waals surface area contributed by atoms with Crippen LogP contribution in [0.1, 0.15) is 31.9 Å². The number of ether oxygens (including phenoxy) is 1. The Hall–Kier alpha value is -1.51. The van der Waals surface area contributed by atoms with Crippen LogP contribution in [-0.2, 0) is 9.53 Å². The molecule has 1 unspecified atom stereocenters. The van der Waals surface area contributed by atoms with Crippen molar-refractivity contribution in [2.75, 3.05) is 0 Å². The monoisotopic (exact) mass is 194 g/mol. The minimum atomic E-state index is -0.261. The third-order valence-electron chi connectivity index (χ3n) is 1.96. The summed E-state index contributed by atoms with van der Waals surface area (Å²) in [6.07, 6.45) is 0.116. The van der Waals surface area contributed by atoms with Gasteiger partial charge in [0.05, 0.1) is 0 Å². The number of phenols is 1. The minimum Gasteiger partial charge on any atom is -0.508 e. The first-order valence-electron chi connectivity index (χ1n) is 4.62. The second kappa shape index (κ2) is 4.65. The fourth-order valence-corrected chi connectivity index (χ4v) is 1.09. The van der Waals surface area contributed by atoms with Gasteiger partial charge in [0.2, 0.25) is 0 Å². The average molecular weight is 194 g/mol. The van der Waals surface area contributed by atoms with Crippen LogP contribution < -0.4 is 0 Å². The third-order valence-corrected chi connectivity index (χ3v) is 1.96. The molecule has 0 bridgehead atoms. The second-order valence-electron chi connectivity index (χ2n) is 3.08. The van der Waals surface area contributed by atoms with Gasteiger partial charge in [-0.15, -0.1) is 0 Å². The van der Waals surface area contributed by atoms with Crippen molar-refractivity contribution in [3.8, 4) is 5.75 Å². The molecule has 3 heteroatoms. The summed E-state index contributed by atoms with van der Waals surface area (Å²) in [5, 5.41) is 9.06. The van der Waals surface area contributed by atoms with Gasteiger partial charge in [0, 0.05) is 6.42 Å². The van der Waals surface area contributed by atoms with E-state index in [1.807, 2.05) is 0 Å². The normalized spacial score (nSPS) is 12.1. The molecular formula is C11H14O3. The lowest BCUT2D eigenvalue weighted by atomic mass is 10.1. The van der Waals surface area contributed by atoms with E-state index in [4.69, 9.17) is 9.84 Å². The van der Waals surface area contributed by atoms with E-state index >= 15 is 0 Å². The Morgan fingerprint density at radius 1 is 1.43 bits per heavy atom. The first-order valence-corrected chi connectivity index (χ1v) is 4.62. The van der Waals surface area contributed by atoms with E-state index in [1.54, 1.807) is 38.1 Å². The summed E-state index contributed by atoms with van der Waals surface area (Å²) in [7, 11) is 0. The van der Waals surface area contributed by atoms with Gasteiger partial charge in [0.15, 0.2) is 0 Å². The van der Waals surface area contributed by atoms with Crippen LogP contribution in [0.25, 0.3) is 0 Å². The molecule has 0 spiro atoms. The molecule has 1 N–H and O–H groups in total. The molecule has 0 radical (unpaired) electrons. The highest BCUT2D eigenvalue weighted by molar-refractivity contribution is 5.69. The van der Waals surface area contributed by atoms with Gasteiger partial charge in [-0.3, -0.25) is 4.79 Å². The molecule has 1 aromatic carbocycles. The number of phenolic OH excluding ortho intramolecular Hbond substituents is 1. The van der Waals surface area contributed by atoms with Crippen LogP contribution in [0.4, 0.5) is 0 Å². The van der Waals surface area contributed by atoms with Crippen molar-refractivity contribution in [1.82, 2.24) is 0 Å². The van der Waals surface area contributed by atoms with Crippen molar-refractivity contribution in [2.45, 2.75) is 26.4 Å². The molecule has 14 heavy (non-hydrogen) atoms. The lowest BCUT2D eigenvalue weighted by molar-refractivity contribution is -0.148. The highest BCUT2D eigenvalue weighted by atomic mass is 16.5. The van der Waals surface area contributed by atoms with E-state index in [0.717, 1.165) is 5.56 Å². The van der Waals surface area contributed by atoms with Crippen molar-refractivity contribution in [3.05, 3.63) is 29.8 Å². The number of rotatable bonds is 3. The number of aromatic hydroxyl groups is 1. The van der Waals surface area contributed by atoms with Crippen molar-refractivity contribution in [3.63, 3.8) is 0 Å². The molecule has 3 nitrogen and oxygen atoms in total. The minimum absolute atomic E-state index is 0.211. The van der Waals surface area contributed by atoms with E-state index in [0.29, 0.717) is 6.42 Å². The second-order valence-corrected chi connectivity index (χ2v) is 3.08. The van der Waals surface area contributed by atoms with E-state index in [-0.39, 0.29) is 17.8 Å². The van der Waals surface area contributed by atoms with Crippen LogP contribution in [0.3, 0.4) is 0 Å². The maximum Gasteiger partial charge on any atom is 0.306 e. The fourth-order valence-electron chi connectivity index (χ4n) is 1.09. The van der Waals surface area contributed by atoms with Crippen molar-refractivity contribution in [2.24, 2.45) is 0 Å². The number of hydrogen-bond donors (Lipinski definition) is 1. The maximum absolute atomic E-state index is 11.0. The number of carbonyl (C=O) groups is 1. The van der Waals surface area contributed by atoms with E-state index in [2.05, 4.69) is 0 Å². The summed E-state index contributed by atoms with van der Waals surface area (Å²) >= 11 is 0. The SMILES string of the molecule is CCC(=O)OC(C)c1ccc(O)cc1. The average Bonchev–Trinajstić information content (AvgIpc) is 2.18. The zero-order valence-electron chi connectivity index (χ0n) is 8.36. The zero-order chi connectivity index (χ0) is 10.6. The lowest BCUT2D eigenvalue weighted by Gasteiger charge is -2.12. The van der Waals surface area contributed by atoms with Crippen molar-refractivity contribution in [1.29, 1.82) is 0 Å². The molecular weight excluding hydrogens is 180 g/mol. The summed E-state index contributed by atoms with van der Waals surface area (Å²) < 4.78 is 5.10. The molecule has 0 fully saturated rings. The zero-order valence-corrected chi connectivity index (χ0v) is 8.36. The number of carbonyl (C=O) groups excluding carboxylic acids is 1. The van der Waals surface area contributed by atoms with Crippen LogP contribution in [0.2, 0.25) is 0 Å². The first kappa shape index (κ1) is 10.6. The molecule has 0 amide bonds. The molecule has 0 aliphatic carbocycles. The lowest BCUT2D eigenvalue weighted by Crippen LogP contribution is -2.06. The standard InChI is InChI=1S/C11H14O3/c1-3-11(13)14-8(2)9-4-6-10(12)7-5-9/h4-8,12H,3H2,1-2H3. The highest BCUT2D eigenvalue weighted by Gasteiger charge is 2.09. The van der Waals surface area contributed by atoms with Gasteiger partial charge in [0.1, 0.15) is 11.9 Å². The number of esters is 1. The first-order chi connectivity index (χ1) is 6.63. The van der Waals surface area contributed by atoms with Gasteiger partial charge in [-0.2, -0.15) is 0 Å². The van der Waals surface area contributed by atoms with Gasteiger partial charge in [-0.1, -0.05) is 19.1 Å². The maximum atomic E-state index is 11.0. The van der Waals surface area contributed by atoms with Crippen LogP contribution in [0, 0.1) is 0 Å². The molecule has 0 aliphatic heterocycles. The van der Waals surface area contributed by atoms with E-state index in [1.165, 1.54) is 0 Å². The molecule has 1 aromatic rings. The smallest absolute Gasteiger partial charge is 0.306 e. The van der Waals surface area contributed by atoms with Gasteiger partial charge in [0.25, 0.3) is 0 Å². The molecule has 0 saturated carbocycles. The summed E-state index contributed by atoms with van der Waals surface area (Å²) in [5.74, 6) is -0.00616. The van der Waals surface area contributed by atoms with E-state index in [9.17, 15) is 4.79 Å². The van der Waals surface area contributed by atoms with Gasteiger partial charge >= 0.3 is 5.97 Å². The summed E-state index contributed by atoms with van der Waals surface area (Å²) in [4.78, 5) is 11.0. The van der Waals surface area contributed by atoms with Gasteiger partial charge in [-0.05, 0) is 24.6 Å². The molecule has 0 heterocycles. The Labute approximate surface area is 83.3 Å². The molecule has 1 rings (SSSR count). The van der Waals surface area contributed by atoms with Gasteiger partial charge < -0.3 is 9.84 Å². The topological polar surface area (TPSA) is 46.5 Å². The van der Waals surface area contributed by atoms with Crippen LogP contribution >= 0.6 is 0 Å². The summed E-state index contributed by atoms with van der Waals surface area (Å²) in [5.41, 5.74) is 0.879. The van der Waals surface area contributed by atoms with Gasteiger partial charge in [-0.25, -0.2) is 0 Å². The van der Waals surface area contributed by atoms with Crippen LogP contribution in [-0.4, -0.2) is 11.1 Å². The van der Waals surface area contributed by atoms with Crippen molar-refractivity contribution >= 4 is 5.97 Å². The largest absolute Gasteiger partial charge is 0.508 e. The predicted molar refractivity (Wildman–Crippen MR) is 52.9 cm³/mol. The highest BCUT2D eigenvalue weighted by Crippen LogP contribution is 2.19. The Kier molecular flexibility index (Phi) is 3.51. The summed E-state index contributed by atoms with van der Waals surface area (Å²) in [6, 6.07) is 6.63. The molecule has 76 valence electrons. The Balaban J connectivity index is 2.65. The molecule has 0 aromatic heterocycles. The quantitative estimate of drug-likeness (QED) is 0.751. The molecule has 1 atom stereocenters. The van der Waals surface area contributed by atoms with Crippen LogP contribution in [0.15, 0.2) is 24.3 Å². The Bertz CT molecular complexity index is 303. The fraction of sp³-hybridized carbons (Fsp3) is 0.364. The number of benzene rings is 1.